The minimum absolute atomic E-state index is 0.126. The van der Waals surface area contributed by atoms with Gasteiger partial charge >= 0.3 is 0 Å². The predicted octanol–water partition coefficient (Wildman–Crippen LogP) is 4.00. The summed E-state index contributed by atoms with van der Waals surface area (Å²) >= 11 is 0. The van der Waals surface area contributed by atoms with Crippen molar-refractivity contribution in [3.63, 3.8) is 0 Å². The zero-order chi connectivity index (χ0) is 19.8. The summed E-state index contributed by atoms with van der Waals surface area (Å²) < 4.78 is 0. The number of nitrogens with one attached hydrogen (secondary N) is 2. The molecule has 0 spiro atoms. The number of carbonyl (C=O) groups is 2. The third-order valence-electron chi connectivity index (χ3n) is 4.26. The second-order valence-corrected chi connectivity index (χ2v) is 6.96. The fourth-order valence-electron chi connectivity index (χ4n) is 2.74. The van der Waals surface area contributed by atoms with Crippen LogP contribution in [0.25, 0.3) is 0 Å². The maximum atomic E-state index is 12.2. The number of amides is 2. The molecule has 5 nitrogen and oxygen atoms in total. The number of hydrazone groups is 1. The lowest BCUT2D eigenvalue weighted by Gasteiger charge is -2.11. The Hall–Kier alpha value is -2.95. The molecular weight excluding hydrogens is 338 g/mol. The van der Waals surface area contributed by atoms with Gasteiger partial charge in [0.2, 0.25) is 11.8 Å². The number of anilines is 1. The van der Waals surface area contributed by atoms with Crippen molar-refractivity contribution in [3.8, 4) is 0 Å². The van der Waals surface area contributed by atoms with Crippen molar-refractivity contribution >= 4 is 23.2 Å². The van der Waals surface area contributed by atoms with E-state index in [4.69, 9.17) is 0 Å². The molecule has 0 aliphatic carbocycles. The first-order valence-electron chi connectivity index (χ1n) is 9.09. The molecule has 142 valence electrons. The molecule has 0 fully saturated rings. The molecule has 2 rings (SSSR count). The monoisotopic (exact) mass is 365 g/mol. The van der Waals surface area contributed by atoms with Crippen LogP contribution in [0.15, 0.2) is 53.6 Å². The van der Waals surface area contributed by atoms with Gasteiger partial charge in [-0.3, -0.25) is 9.59 Å². The minimum Gasteiger partial charge on any atom is -0.326 e. The van der Waals surface area contributed by atoms with E-state index in [9.17, 15) is 9.59 Å². The number of carbonyl (C=O) groups excluding carboxylic acids is 2. The molecule has 1 atom stereocenters. The van der Waals surface area contributed by atoms with Gasteiger partial charge in [-0.1, -0.05) is 55.0 Å². The Morgan fingerprint density at radius 3 is 2.44 bits per heavy atom. The van der Waals surface area contributed by atoms with E-state index in [1.165, 1.54) is 0 Å². The zero-order valence-electron chi connectivity index (χ0n) is 16.4. The Kier molecular flexibility index (Phi) is 7.29. The molecule has 0 aliphatic rings. The molecule has 0 bridgehead atoms. The van der Waals surface area contributed by atoms with Gasteiger partial charge in [0, 0.05) is 17.3 Å². The molecule has 27 heavy (non-hydrogen) atoms. The Morgan fingerprint density at radius 2 is 1.78 bits per heavy atom. The predicted molar refractivity (Wildman–Crippen MR) is 110 cm³/mol. The fourth-order valence-corrected chi connectivity index (χ4v) is 2.74. The van der Waals surface area contributed by atoms with Gasteiger partial charge < -0.3 is 5.32 Å². The second-order valence-electron chi connectivity index (χ2n) is 6.96. The molecule has 0 aromatic heterocycles. The molecule has 0 heterocycles. The summed E-state index contributed by atoms with van der Waals surface area (Å²) in [5, 5.41) is 6.94. The van der Waals surface area contributed by atoms with Crippen LogP contribution >= 0.6 is 0 Å². The molecule has 0 unspecified atom stereocenters. The molecule has 0 radical (unpaired) electrons. The van der Waals surface area contributed by atoms with Crippen LogP contribution in [-0.4, -0.2) is 17.5 Å². The average molecular weight is 365 g/mol. The summed E-state index contributed by atoms with van der Waals surface area (Å²) in [5.74, 6) is -0.518. The number of rotatable bonds is 7. The number of hydrogen-bond donors (Lipinski definition) is 2. The van der Waals surface area contributed by atoms with Crippen molar-refractivity contribution in [2.75, 3.05) is 5.32 Å². The Morgan fingerprint density at radius 1 is 1.07 bits per heavy atom. The summed E-state index contributed by atoms with van der Waals surface area (Å²) in [7, 11) is 0. The highest BCUT2D eigenvalue weighted by Crippen LogP contribution is 2.16. The van der Waals surface area contributed by atoms with Crippen LogP contribution in [-0.2, 0) is 16.0 Å². The summed E-state index contributed by atoms with van der Waals surface area (Å²) in [6.07, 6.45) is 0.773. The van der Waals surface area contributed by atoms with Gasteiger partial charge in [0.05, 0.1) is 6.42 Å². The number of hydrogen-bond acceptors (Lipinski definition) is 3. The summed E-state index contributed by atoms with van der Waals surface area (Å²) in [5.41, 5.74) is 7.17. The van der Waals surface area contributed by atoms with Crippen LogP contribution in [0, 0.1) is 19.8 Å². The number of aryl methyl sites for hydroxylation is 2. The van der Waals surface area contributed by atoms with Gasteiger partial charge in [0.15, 0.2) is 0 Å². The van der Waals surface area contributed by atoms with Crippen LogP contribution in [0.1, 0.15) is 37.0 Å². The SMILES string of the molecule is C/C(CC(=O)Nc1ccc(C)cc1C)=N/NC(=O)[C@@H](C)Cc1ccccc1. The van der Waals surface area contributed by atoms with E-state index < -0.39 is 0 Å². The van der Waals surface area contributed by atoms with E-state index in [-0.39, 0.29) is 24.2 Å². The smallest absolute Gasteiger partial charge is 0.243 e. The van der Waals surface area contributed by atoms with Gasteiger partial charge in [-0.05, 0) is 44.4 Å². The zero-order valence-corrected chi connectivity index (χ0v) is 16.4. The molecule has 2 amide bonds. The molecule has 0 saturated carbocycles. The second kappa shape index (κ2) is 9.67. The molecule has 2 aromatic rings. The lowest BCUT2D eigenvalue weighted by molar-refractivity contribution is -0.124. The van der Waals surface area contributed by atoms with E-state index in [0.29, 0.717) is 12.1 Å². The quantitative estimate of drug-likeness (QED) is 0.575. The van der Waals surface area contributed by atoms with Crippen LogP contribution in [0.2, 0.25) is 0 Å². The lowest BCUT2D eigenvalue weighted by atomic mass is 10.0. The van der Waals surface area contributed by atoms with Crippen LogP contribution in [0.5, 0.6) is 0 Å². The van der Waals surface area contributed by atoms with Gasteiger partial charge in [0.1, 0.15) is 0 Å². The highest BCUT2D eigenvalue weighted by molar-refractivity contribution is 6.06. The summed E-state index contributed by atoms with van der Waals surface area (Å²) in [4.78, 5) is 24.4. The van der Waals surface area contributed by atoms with E-state index in [2.05, 4.69) is 15.8 Å². The standard InChI is InChI=1S/C22H27N3O2/c1-15-10-11-20(16(2)12-15)23-21(26)14-18(4)24-25-22(27)17(3)13-19-8-6-5-7-9-19/h5-12,17H,13-14H2,1-4H3,(H,23,26)(H,25,27)/b24-18-/t17-/m0/s1. The van der Waals surface area contributed by atoms with Crippen LogP contribution in [0.3, 0.4) is 0 Å². The first kappa shape index (κ1) is 20.4. The first-order chi connectivity index (χ1) is 12.8. The minimum atomic E-state index is -0.201. The highest BCUT2D eigenvalue weighted by atomic mass is 16.2. The third kappa shape index (κ3) is 6.70. The van der Waals surface area contributed by atoms with Gasteiger partial charge in [-0.15, -0.1) is 0 Å². The van der Waals surface area contributed by atoms with E-state index in [0.717, 1.165) is 22.4 Å². The number of nitrogens with zero attached hydrogens (tertiary/aromatic N) is 1. The van der Waals surface area contributed by atoms with Crippen molar-refractivity contribution < 1.29 is 9.59 Å². The maximum Gasteiger partial charge on any atom is 0.243 e. The fraction of sp³-hybridized carbons (Fsp3) is 0.318. The molecule has 5 heteroatoms. The van der Waals surface area contributed by atoms with Crippen LogP contribution < -0.4 is 10.7 Å². The van der Waals surface area contributed by atoms with E-state index in [1.807, 2.05) is 69.3 Å². The van der Waals surface area contributed by atoms with Gasteiger partial charge in [-0.25, -0.2) is 5.43 Å². The maximum absolute atomic E-state index is 12.2. The molecule has 2 N–H and O–H groups in total. The van der Waals surface area contributed by atoms with Crippen molar-refractivity contribution in [1.29, 1.82) is 0 Å². The summed E-state index contributed by atoms with van der Waals surface area (Å²) in [6, 6.07) is 15.7. The Labute approximate surface area is 160 Å². The molecule has 0 aliphatic heterocycles. The molecule has 0 saturated heterocycles. The molecule has 2 aromatic carbocycles. The summed E-state index contributed by atoms with van der Waals surface area (Å²) in [6.45, 7) is 7.55. The Balaban J connectivity index is 1.83. The van der Waals surface area contributed by atoms with E-state index in [1.54, 1.807) is 6.92 Å². The van der Waals surface area contributed by atoms with Crippen molar-refractivity contribution in [1.82, 2.24) is 5.43 Å². The van der Waals surface area contributed by atoms with Crippen LogP contribution in [0.4, 0.5) is 5.69 Å². The highest BCUT2D eigenvalue weighted by Gasteiger charge is 2.13. The first-order valence-corrected chi connectivity index (χ1v) is 9.09. The van der Waals surface area contributed by atoms with E-state index >= 15 is 0 Å². The number of benzene rings is 2. The molecular formula is C22H27N3O2. The third-order valence-corrected chi connectivity index (χ3v) is 4.26. The van der Waals surface area contributed by atoms with Gasteiger partial charge in [-0.2, -0.15) is 5.10 Å². The lowest BCUT2D eigenvalue weighted by Crippen LogP contribution is -2.27. The van der Waals surface area contributed by atoms with Gasteiger partial charge in [0.25, 0.3) is 0 Å². The topological polar surface area (TPSA) is 70.6 Å². The normalized spacial score (nSPS) is 12.4. The van der Waals surface area contributed by atoms with Crippen molar-refractivity contribution in [2.24, 2.45) is 11.0 Å². The largest absolute Gasteiger partial charge is 0.326 e. The van der Waals surface area contributed by atoms with Crippen molar-refractivity contribution in [3.05, 3.63) is 65.2 Å². The average Bonchev–Trinajstić information content (AvgIpc) is 2.62. The van der Waals surface area contributed by atoms with Crippen molar-refractivity contribution in [2.45, 2.75) is 40.5 Å². The Bertz CT molecular complexity index is 829.